The number of rotatable bonds is 4. The highest BCUT2D eigenvalue weighted by Gasteiger charge is 2.47. The molecule has 0 bridgehead atoms. The SMILES string of the molecule is C=CC(C)(C(=O)ON1C(C)(C)CCCC1(C)C)C(C)O. The lowest BCUT2D eigenvalue weighted by atomic mass is 9.82. The first-order valence-electron chi connectivity index (χ1n) is 7.32. The topological polar surface area (TPSA) is 49.8 Å². The van der Waals surface area contributed by atoms with Crippen molar-refractivity contribution in [3.63, 3.8) is 0 Å². The summed E-state index contributed by atoms with van der Waals surface area (Å²) in [5.41, 5.74) is -1.51. The van der Waals surface area contributed by atoms with Crippen molar-refractivity contribution < 1.29 is 14.7 Å². The van der Waals surface area contributed by atoms with Gasteiger partial charge in [0.1, 0.15) is 5.41 Å². The smallest absolute Gasteiger partial charge is 0.337 e. The van der Waals surface area contributed by atoms with Gasteiger partial charge in [0.05, 0.1) is 17.2 Å². The van der Waals surface area contributed by atoms with Crippen molar-refractivity contribution >= 4 is 5.97 Å². The first-order valence-corrected chi connectivity index (χ1v) is 7.32. The predicted octanol–water partition coefficient (Wildman–Crippen LogP) is 3.06. The van der Waals surface area contributed by atoms with Crippen LogP contribution in [0.3, 0.4) is 0 Å². The molecule has 0 amide bonds. The van der Waals surface area contributed by atoms with Gasteiger partial charge in [-0.3, -0.25) is 0 Å². The number of piperidine rings is 1. The Kier molecular flexibility index (Phi) is 4.72. The summed E-state index contributed by atoms with van der Waals surface area (Å²) in [5.74, 6) is -0.453. The van der Waals surface area contributed by atoms with Gasteiger partial charge < -0.3 is 9.94 Å². The van der Waals surface area contributed by atoms with Crippen LogP contribution in [0.15, 0.2) is 12.7 Å². The van der Waals surface area contributed by atoms with Gasteiger partial charge in [-0.15, -0.1) is 11.6 Å². The Balaban J connectivity index is 3.00. The van der Waals surface area contributed by atoms with Crippen LogP contribution in [0.2, 0.25) is 0 Å². The van der Waals surface area contributed by atoms with E-state index >= 15 is 0 Å². The third kappa shape index (κ3) is 3.07. The highest BCUT2D eigenvalue weighted by Crippen LogP contribution is 2.39. The van der Waals surface area contributed by atoms with Gasteiger partial charge in [-0.25, -0.2) is 4.79 Å². The van der Waals surface area contributed by atoms with Crippen molar-refractivity contribution in [1.29, 1.82) is 0 Å². The maximum Gasteiger partial charge on any atom is 0.337 e. The molecule has 0 aromatic carbocycles. The van der Waals surface area contributed by atoms with Crippen molar-refractivity contribution in [2.45, 2.75) is 78.0 Å². The molecule has 4 nitrogen and oxygen atoms in total. The number of nitrogens with zero attached hydrogens (tertiary/aromatic N) is 1. The second kappa shape index (κ2) is 5.49. The van der Waals surface area contributed by atoms with Gasteiger partial charge in [0.25, 0.3) is 0 Å². The predicted molar refractivity (Wildman–Crippen MR) is 79.9 cm³/mol. The van der Waals surface area contributed by atoms with E-state index in [1.807, 2.05) is 0 Å². The van der Waals surface area contributed by atoms with Crippen LogP contribution < -0.4 is 0 Å². The third-order valence-electron chi connectivity index (χ3n) is 4.58. The quantitative estimate of drug-likeness (QED) is 0.806. The molecule has 1 rings (SSSR count). The lowest BCUT2D eigenvalue weighted by Gasteiger charge is -2.51. The molecule has 0 radical (unpaired) electrons. The molecule has 4 heteroatoms. The van der Waals surface area contributed by atoms with Gasteiger partial charge in [-0.05, 0) is 60.8 Å². The molecule has 0 aromatic rings. The normalized spacial score (nSPS) is 26.4. The van der Waals surface area contributed by atoms with Crippen LogP contribution in [0, 0.1) is 5.41 Å². The van der Waals surface area contributed by atoms with Crippen molar-refractivity contribution in [1.82, 2.24) is 5.06 Å². The van der Waals surface area contributed by atoms with Crippen molar-refractivity contribution in [3.8, 4) is 0 Å². The fraction of sp³-hybridized carbons (Fsp3) is 0.812. The van der Waals surface area contributed by atoms with Crippen LogP contribution in [0.4, 0.5) is 0 Å². The molecule has 1 heterocycles. The zero-order valence-corrected chi connectivity index (χ0v) is 13.7. The minimum atomic E-state index is -1.09. The minimum Gasteiger partial charge on any atom is -0.392 e. The van der Waals surface area contributed by atoms with Gasteiger partial charge in [-0.2, -0.15) is 0 Å². The molecule has 2 unspecified atom stereocenters. The summed E-state index contributed by atoms with van der Waals surface area (Å²) in [6, 6.07) is 0. The molecule has 1 aliphatic heterocycles. The highest BCUT2D eigenvalue weighted by atomic mass is 16.7. The number of hydroxylamine groups is 2. The van der Waals surface area contributed by atoms with Crippen LogP contribution in [-0.4, -0.2) is 33.3 Å². The molecule has 1 N–H and O–H groups in total. The summed E-state index contributed by atoms with van der Waals surface area (Å²) in [5, 5.41) is 11.6. The molecule has 0 saturated carbocycles. The second-order valence-corrected chi connectivity index (χ2v) is 7.31. The Morgan fingerprint density at radius 2 is 1.80 bits per heavy atom. The standard InChI is InChI=1S/C16H29NO3/c1-8-16(7,12(2)18)13(19)20-17-14(3,4)10-9-11-15(17,5)6/h8,12,18H,1,9-11H2,2-7H3. The zero-order chi connectivity index (χ0) is 15.8. The Morgan fingerprint density at radius 3 is 2.15 bits per heavy atom. The Hall–Kier alpha value is -0.870. The first-order chi connectivity index (χ1) is 8.97. The van der Waals surface area contributed by atoms with E-state index in [1.54, 1.807) is 18.9 Å². The Morgan fingerprint density at radius 1 is 1.35 bits per heavy atom. The van der Waals surface area contributed by atoms with Gasteiger partial charge in [0, 0.05) is 0 Å². The molecule has 1 fully saturated rings. The second-order valence-electron chi connectivity index (χ2n) is 7.31. The summed E-state index contributed by atoms with van der Waals surface area (Å²) in [7, 11) is 0. The zero-order valence-electron chi connectivity index (χ0n) is 13.7. The summed E-state index contributed by atoms with van der Waals surface area (Å²) < 4.78 is 0. The van der Waals surface area contributed by atoms with Gasteiger partial charge >= 0.3 is 5.97 Å². The summed E-state index contributed by atoms with van der Waals surface area (Å²) in [6.45, 7) is 15.2. The lowest BCUT2D eigenvalue weighted by molar-refractivity contribution is -0.273. The molecular weight excluding hydrogens is 254 g/mol. The fourth-order valence-corrected chi connectivity index (χ4v) is 2.83. The third-order valence-corrected chi connectivity index (χ3v) is 4.58. The molecule has 20 heavy (non-hydrogen) atoms. The summed E-state index contributed by atoms with van der Waals surface area (Å²) in [6.07, 6.45) is 3.68. The average Bonchev–Trinajstić information content (AvgIpc) is 2.31. The number of hydrogen-bond acceptors (Lipinski definition) is 4. The van der Waals surface area contributed by atoms with Crippen LogP contribution in [0.25, 0.3) is 0 Å². The minimum absolute atomic E-state index is 0.210. The monoisotopic (exact) mass is 283 g/mol. The number of carbonyl (C=O) groups excluding carboxylic acids is 1. The van der Waals surface area contributed by atoms with Gasteiger partial charge in [0.2, 0.25) is 0 Å². The van der Waals surface area contributed by atoms with Crippen LogP contribution in [0.5, 0.6) is 0 Å². The maximum absolute atomic E-state index is 12.5. The number of hydrogen-bond donors (Lipinski definition) is 1. The van der Waals surface area contributed by atoms with E-state index in [4.69, 9.17) is 4.84 Å². The average molecular weight is 283 g/mol. The van der Waals surface area contributed by atoms with Crippen LogP contribution in [-0.2, 0) is 9.63 Å². The van der Waals surface area contributed by atoms with E-state index in [1.165, 1.54) is 6.08 Å². The van der Waals surface area contributed by atoms with Crippen LogP contribution in [0.1, 0.15) is 60.8 Å². The Bertz CT molecular complexity index is 371. The number of carbonyl (C=O) groups is 1. The maximum atomic E-state index is 12.5. The number of aliphatic hydroxyl groups excluding tert-OH is 1. The molecule has 0 aliphatic carbocycles. The highest BCUT2D eigenvalue weighted by molar-refractivity contribution is 5.79. The molecule has 1 saturated heterocycles. The van der Waals surface area contributed by atoms with Gasteiger partial charge in [-0.1, -0.05) is 6.08 Å². The fourth-order valence-electron chi connectivity index (χ4n) is 2.83. The molecule has 0 spiro atoms. The summed E-state index contributed by atoms with van der Waals surface area (Å²) in [4.78, 5) is 18.2. The van der Waals surface area contributed by atoms with E-state index < -0.39 is 17.5 Å². The number of aliphatic hydroxyl groups is 1. The lowest BCUT2D eigenvalue weighted by Crippen LogP contribution is -2.60. The van der Waals surface area contributed by atoms with E-state index in [-0.39, 0.29) is 11.1 Å². The molecule has 2 atom stereocenters. The molecule has 116 valence electrons. The van der Waals surface area contributed by atoms with E-state index in [0.717, 1.165) is 19.3 Å². The van der Waals surface area contributed by atoms with Crippen molar-refractivity contribution in [2.75, 3.05) is 0 Å². The van der Waals surface area contributed by atoms with E-state index in [0.29, 0.717) is 0 Å². The largest absolute Gasteiger partial charge is 0.392 e. The van der Waals surface area contributed by atoms with E-state index in [9.17, 15) is 9.90 Å². The van der Waals surface area contributed by atoms with Gasteiger partial charge in [0.15, 0.2) is 0 Å². The Labute approximate surface area is 122 Å². The van der Waals surface area contributed by atoms with Crippen molar-refractivity contribution in [3.05, 3.63) is 12.7 Å². The van der Waals surface area contributed by atoms with E-state index in [2.05, 4.69) is 34.3 Å². The first kappa shape index (κ1) is 17.2. The summed E-state index contributed by atoms with van der Waals surface area (Å²) >= 11 is 0. The molecule has 0 aromatic heterocycles. The molecular formula is C16H29NO3. The molecule has 1 aliphatic rings. The van der Waals surface area contributed by atoms with Crippen LogP contribution >= 0.6 is 0 Å². The van der Waals surface area contributed by atoms with Crippen molar-refractivity contribution in [2.24, 2.45) is 5.41 Å².